The Balaban J connectivity index is 0.00000147. The summed E-state index contributed by atoms with van der Waals surface area (Å²) >= 11 is 6.95. The average molecular weight is 357 g/mol. The number of halogens is 2. The first-order chi connectivity index (χ1) is 8.98. The normalized spacial score (nSPS) is 30.8. The van der Waals surface area contributed by atoms with E-state index in [9.17, 15) is 8.42 Å². The molecule has 114 valence electrons. The van der Waals surface area contributed by atoms with Crippen molar-refractivity contribution in [3.63, 3.8) is 0 Å². The van der Waals surface area contributed by atoms with Crippen LogP contribution in [-0.2, 0) is 10.0 Å². The molecular weight excluding hydrogens is 339 g/mol. The lowest BCUT2D eigenvalue weighted by Gasteiger charge is -2.29. The van der Waals surface area contributed by atoms with Crippen LogP contribution in [0.15, 0.2) is 16.3 Å². The fourth-order valence-electron chi connectivity index (χ4n) is 3.24. The first kappa shape index (κ1) is 16.5. The van der Waals surface area contributed by atoms with Crippen LogP contribution in [0.2, 0.25) is 4.34 Å². The first-order valence-corrected chi connectivity index (χ1v) is 9.13. The molecule has 20 heavy (non-hydrogen) atoms. The van der Waals surface area contributed by atoms with E-state index in [0.717, 1.165) is 30.6 Å². The van der Waals surface area contributed by atoms with Crippen LogP contribution in [0.4, 0.5) is 0 Å². The topological polar surface area (TPSA) is 63.4 Å². The zero-order chi connectivity index (χ0) is 13.6. The van der Waals surface area contributed by atoms with Crippen LogP contribution in [-0.4, -0.2) is 31.9 Å². The molecule has 8 heteroatoms. The van der Waals surface area contributed by atoms with Crippen LogP contribution in [0.3, 0.4) is 0 Å². The molecule has 0 spiro atoms. The second kappa shape index (κ2) is 6.10. The Kier molecular flexibility index (Phi) is 5.04. The maximum Gasteiger partial charge on any atom is 0.252 e. The molecule has 2 N–H and O–H groups in total. The highest BCUT2D eigenvalue weighted by molar-refractivity contribution is 7.91. The highest BCUT2D eigenvalue weighted by atomic mass is 35.5. The lowest BCUT2D eigenvalue weighted by atomic mass is 9.78. The maximum absolute atomic E-state index is 12.5. The molecule has 1 aliphatic heterocycles. The third-order valence-corrected chi connectivity index (χ3v) is 7.79. The molecule has 0 aromatic carbocycles. The molecule has 2 fully saturated rings. The Hall–Kier alpha value is 0.150. The molecule has 2 heterocycles. The van der Waals surface area contributed by atoms with Crippen molar-refractivity contribution in [2.75, 3.05) is 13.1 Å². The SMILES string of the molecule is Cl.NC1CCCC2CN(S(=O)(=O)c3ccc(Cl)s3)CC12. The van der Waals surface area contributed by atoms with Gasteiger partial charge in [-0.05, 0) is 36.8 Å². The van der Waals surface area contributed by atoms with Gasteiger partial charge in [0.15, 0.2) is 0 Å². The summed E-state index contributed by atoms with van der Waals surface area (Å²) in [6.07, 6.45) is 3.22. The zero-order valence-corrected chi connectivity index (χ0v) is 14.1. The van der Waals surface area contributed by atoms with Gasteiger partial charge in [0.05, 0.1) is 4.34 Å². The van der Waals surface area contributed by atoms with E-state index in [1.807, 2.05) is 0 Å². The van der Waals surface area contributed by atoms with Crippen LogP contribution < -0.4 is 5.73 Å². The summed E-state index contributed by atoms with van der Waals surface area (Å²) in [5.74, 6) is 0.743. The number of thiophene rings is 1. The fraction of sp³-hybridized carbons (Fsp3) is 0.667. The highest BCUT2D eigenvalue weighted by Crippen LogP contribution is 2.39. The maximum atomic E-state index is 12.5. The molecule has 1 saturated heterocycles. The van der Waals surface area contributed by atoms with Crippen LogP contribution in [0.5, 0.6) is 0 Å². The molecule has 4 nitrogen and oxygen atoms in total. The van der Waals surface area contributed by atoms with Gasteiger partial charge < -0.3 is 5.73 Å². The molecule has 2 aliphatic rings. The minimum absolute atomic E-state index is 0. The molecule has 1 aromatic rings. The Morgan fingerprint density at radius 1 is 1.30 bits per heavy atom. The van der Waals surface area contributed by atoms with E-state index in [1.165, 1.54) is 0 Å². The summed E-state index contributed by atoms with van der Waals surface area (Å²) in [4.78, 5) is 0. The second-order valence-corrected chi connectivity index (χ2v) is 9.28. The largest absolute Gasteiger partial charge is 0.327 e. The van der Waals surface area contributed by atoms with E-state index in [2.05, 4.69) is 0 Å². The highest BCUT2D eigenvalue weighted by Gasteiger charge is 2.43. The summed E-state index contributed by atoms with van der Waals surface area (Å²) in [6.45, 7) is 1.17. The number of rotatable bonds is 2. The zero-order valence-electron chi connectivity index (χ0n) is 10.9. The van der Waals surface area contributed by atoms with Gasteiger partial charge in [-0.3, -0.25) is 0 Å². The van der Waals surface area contributed by atoms with Crippen LogP contribution in [0.1, 0.15) is 19.3 Å². The molecule has 1 saturated carbocycles. The molecule has 1 aromatic heterocycles. The molecule has 3 atom stereocenters. The van der Waals surface area contributed by atoms with Gasteiger partial charge in [0.2, 0.25) is 0 Å². The van der Waals surface area contributed by atoms with Gasteiger partial charge in [-0.15, -0.1) is 23.7 Å². The number of hydrogen-bond donors (Lipinski definition) is 1. The van der Waals surface area contributed by atoms with E-state index in [4.69, 9.17) is 17.3 Å². The smallest absolute Gasteiger partial charge is 0.252 e. The van der Waals surface area contributed by atoms with Crippen molar-refractivity contribution in [3.8, 4) is 0 Å². The molecule has 3 rings (SSSR count). The van der Waals surface area contributed by atoms with Gasteiger partial charge in [0, 0.05) is 19.1 Å². The van der Waals surface area contributed by atoms with Gasteiger partial charge >= 0.3 is 0 Å². The Bertz CT molecular complexity index is 576. The van der Waals surface area contributed by atoms with E-state index in [0.29, 0.717) is 33.5 Å². The van der Waals surface area contributed by atoms with Gasteiger partial charge in [-0.25, -0.2) is 8.42 Å². The molecule has 0 bridgehead atoms. The monoisotopic (exact) mass is 356 g/mol. The molecule has 1 aliphatic carbocycles. The van der Waals surface area contributed by atoms with Gasteiger partial charge in [-0.1, -0.05) is 18.0 Å². The summed E-state index contributed by atoms with van der Waals surface area (Å²) in [5, 5.41) is 0. The number of hydrogen-bond acceptors (Lipinski definition) is 4. The lowest BCUT2D eigenvalue weighted by molar-refractivity contribution is 0.260. The lowest BCUT2D eigenvalue weighted by Crippen LogP contribution is -2.38. The third kappa shape index (κ3) is 2.87. The van der Waals surface area contributed by atoms with Crippen molar-refractivity contribution in [1.82, 2.24) is 4.31 Å². The average Bonchev–Trinajstić information content (AvgIpc) is 2.96. The second-order valence-electron chi connectivity index (χ2n) is 5.40. The van der Waals surface area contributed by atoms with Crippen molar-refractivity contribution in [2.45, 2.75) is 29.5 Å². The minimum atomic E-state index is -3.39. The quantitative estimate of drug-likeness (QED) is 0.885. The molecule has 0 amide bonds. The van der Waals surface area contributed by atoms with Crippen molar-refractivity contribution in [1.29, 1.82) is 0 Å². The predicted octanol–water partition coefficient (Wildman–Crippen LogP) is 2.57. The molecule has 0 radical (unpaired) electrons. The van der Waals surface area contributed by atoms with Crippen molar-refractivity contribution >= 4 is 45.4 Å². The van der Waals surface area contributed by atoms with E-state index < -0.39 is 10.0 Å². The van der Waals surface area contributed by atoms with Crippen molar-refractivity contribution < 1.29 is 8.42 Å². The summed E-state index contributed by atoms with van der Waals surface area (Å²) in [5.41, 5.74) is 6.13. The number of sulfonamides is 1. The first-order valence-electron chi connectivity index (χ1n) is 6.49. The Morgan fingerprint density at radius 2 is 2.05 bits per heavy atom. The minimum Gasteiger partial charge on any atom is -0.327 e. The standard InChI is InChI=1S/C12H17ClN2O2S2.ClH/c13-11-4-5-12(18-11)19(16,17)15-6-8-2-1-3-10(14)9(8)7-15;/h4-5,8-10H,1-3,6-7,14H2;1H. The van der Waals surface area contributed by atoms with Gasteiger partial charge in [0.1, 0.15) is 4.21 Å². The van der Waals surface area contributed by atoms with Gasteiger partial charge in [0.25, 0.3) is 10.0 Å². The van der Waals surface area contributed by atoms with E-state index in [-0.39, 0.29) is 18.4 Å². The van der Waals surface area contributed by atoms with E-state index >= 15 is 0 Å². The van der Waals surface area contributed by atoms with Crippen LogP contribution in [0, 0.1) is 11.8 Å². The number of nitrogens with two attached hydrogens (primary N) is 1. The van der Waals surface area contributed by atoms with Crippen LogP contribution >= 0.6 is 35.3 Å². The third-order valence-electron chi connectivity index (χ3n) is 4.26. The number of nitrogens with zero attached hydrogens (tertiary/aromatic N) is 1. The fourth-order valence-corrected chi connectivity index (χ4v) is 6.41. The number of fused-ring (bicyclic) bond motifs is 1. The molecule has 3 unspecified atom stereocenters. The van der Waals surface area contributed by atoms with Gasteiger partial charge in [-0.2, -0.15) is 4.31 Å². The van der Waals surface area contributed by atoms with Crippen LogP contribution in [0.25, 0.3) is 0 Å². The Labute approximate surface area is 134 Å². The predicted molar refractivity (Wildman–Crippen MR) is 84.1 cm³/mol. The molecular formula is C12H18Cl2N2O2S2. The summed E-state index contributed by atoms with van der Waals surface area (Å²) in [7, 11) is -3.39. The summed E-state index contributed by atoms with van der Waals surface area (Å²) in [6, 6.07) is 3.36. The van der Waals surface area contributed by atoms with Crippen molar-refractivity contribution in [2.24, 2.45) is 17.6 Å². The van der Waals surface area contributed by atoms with Crippen molar-refractivity contribution in [3.05, 3.63) is 16.5 Å². The van der Waals surface area contributed by atoms with E-state index in [1.54, 1.807) is 16.4 Å². The summed E-state index contributed by atoms with van der Waals surface area (Å²) < 4.78 is 27.5. The Morgan fingerprint density at radius 3 is 2.65 bits per heavy atom.